The zero-order valence-electron chi connectivity index (χ0n) is 17.5. The Morgan fingerprint density at radius 2 is 1.59 bits per heavy atom. The lowest BCUT2D eigenvalue weighted by Gasteiger charge is -2.08. The van der Waals surface area contributed by atoms with Crippen LogP contribution in [0.5, 0.6) is 0 Å². The van der Waals surface area contributed by atoms with Crippen molar-refractivity contribution in [2.75, 3.05) is 0 Å². The molecule has 4 rings (SSSR count). The summed E-state index contributed by atoms with van der Waals surface area (Å²) in [6.07, 6.45) is 2.13. The van der Waals surface area contributed by atoms with Crippen molar-refractivity contribution in [3.8, 4) is 16.9 Å². The van der Waals surface area contributed by atoms with Crippen molar-refractivity contribution in [3.63, 3.8) is 0 Å². The van der Waals surface area contributed by atoms with Gasteiger partial charge in [-0.3, -0.25) is 4.68 Å². The highest BCUT2D eigenvalue weighted by Gasteiger charge is 2.15. The van der Waals surface area contributed by atoms with Gasteiger partial charge in [-0.2, -0.15) is 10.2 Å². The maximum atomic E-state index is 4.94. The van der Waals surface area contributed by atoms with E-state index < -0.39 is 0 Å². The third-order valence-corrected chi connectivity index (χ3v) is 5.49. The number of nitrogens with zero attached hydrogens (tertiary/aromatic N) is 4. The van der Waals surface area contributed by atoms with E-state index in [9.17, 15) is 0 Å². The van der Waals surface area contributed by atoms with Gasteiger partial charge in [0.15, 0.2) is 0 Å². The molecule has 0 unspecified atom stereocenters. The molecule has 2 aromatic heterocycles. The van der Waals surface area contributed by atoms with Crippen LogP contribution in [0.3, 0.4) is 0 Å². The molecule has 0 saturated carbocycles. The topological polar surface area (TPSA) is 47.7 Å². The number of para-hydroxylation sites is 1. The molecular formula is C24H27N5. The summed E-state index contributed by atoms with van der Waals surface area (Å²) < 4.78 is 3.91. The van der Waals surface area contributed by atoms with Crippen LogP contribution in [-0.4, -0.2) is 19.6 Å². The van der Waals surface area contributed by atoms with Crippen molar-refractivity contribution in [2.45, 2.75) is 33.9 Å². The number of benzene rings is 2. The molecule has 2 heterocycles. The molecule has 5 heteroatoms. The van der Waals surface area contributed by atoms with Crippen molar-refractivity contribution in [2.24, 2.45) is 7.05 Å². The Kier molecular flexibility index (Phi) is 5.32. The van der Waals surface area contributed by atoms with Gasteiger partial charge in [-0.15, -0.1) is 0 Å². The Morgan fingerprint density at radius 1 is 0.862 bits per heavy atom. The minimum atomic E-state index is 0.740. The molecule has 4 aromatic rings. The number of aryl methyl sites for hydroxylation is 3. The van der Waals surface area contributed by atoms with Crippen LogP contribution in [-0.2, 0) is 20.1 Å². The highest BCUT2D eigenvalue weighted by atomic mass is 15.3. The highest BCUT2D eigenvalue weighted by molar-refractivity contribution is 5.66. The van der Waals surface area contributed by atoms with Crippen molar-refractivity contribution in [3.05, 3.63) is 88.9 Å². The molecule has 0 aliphatic heterocycles. The number of hydrogen-bond acceptors (Lipinski definition) is 3. The molecule has 0 aliphatic carbocycles. The Bertz CT molecular complexity index is 1120. The molecule has 0 aliphatic rings. The molecule has 1 N–H and O–H groups in total. The summed E-state index contributed by atoms with van der Waals surface area (Å²) >= 11 is 0. The van der Waals surface area contributed by atoms with Crippen LogP contribution in [0, 0.1) is 20.8 Å². The van der Waals surface area contributed by atoms with Gasteiger partial charge in [0.1, 0.15) is 0 Å². The molecule has 2 aromatic carbocycles. The Morgan fingerprint density at radius 3 is 2.28 bits per heavy atom. The van der Waals surface area contributed by atoms with E-state index in [1.807, 2.05) is 34.6 Å². The van der Waals surface area contributed by atoms with E-state index in [0.29, 0.717) is 0 Å². The van der Waals surface area contributed by atoms with Gasteiger partial charge in [-0.1, -0.05) is 42.5 Å². The Hall–Kier alpha value is -3.18. The summed E-state index contributed by atoms with van der Waals surface area (Å²) in [5.41, 5.74) is 9.22. The minimum Gasteiger partial charge on any atom is -0.308 e. The quantitative estimate of drug-likeness (QED) is 0.532. The van der Waals surface area contributed by atoms with Gasteiger partial charge in [0, 0.05) is 48.7 Å². The second-order valence-corrected chi connectivity index (χ2v) is 7.47. The van der Waals surface area contributed by atoms with E-state index in [1.165, 1.54) is 27.9 Å². The molecule has 0 bridgehead atoms. The lowest BCUT2D eigenvalue weighted by atomic mass is 10.0. The van der Waals surface area contributed by atoms with Crippen molar-refractivity contribution in [1.29, 1.82) is 0 Å². The SMILES string of the molecule is Cc1ccccc1-c1nn(-c2ccccc2)cc1CNCc1c(C)nn(C)c1C. The molecule has 0 saturated heterocycles. The molecule has 5 nitrogen and oxygen atoms in total. The first-order valence-electron chi connectivity index (χ1n) is 9.94. The maximum absolute atomic E-state index is 4.94. The molecule has 0 spiro atoms. The van der Waals surface area contributed by atoms with Gasteiger partial charge < -0.3 is 5.32 Å². The fourth-order valence-electron chi connectivity index (χ4n) is 3.71. The number of aromatic nitrogens is 4. The second kappa shape index (κ2) is 8.05. The summed E-state index contributed by atoms with van der Waals surface area (Å²) in [6.45, 7) is 7.84. The van der Waals surface area contributed by atoms with E-state index >= 15 is 0 Å². The fraction of sp³-hybridized carbons (Fsp3) is 0.250. The van der Waals surface area contributed by atoms with Crippen molar-refractivity contribution >= 4 is 0 Å². The third-order valence-electron chi connectivity index (χ3n) is 5.49. The first kappa shape index (κ1) is 19.2. The average molecular weight is 386 g/mol. The maximum Gasteiger partial charge on any atom is 0.0975 e. The van der Waals surface area contributed by atoms with Crippen LogP contribution >= 0.6 is 0 Å². The van der Waals surface area contributed by atoms with E-state index in [1.54, 1.807) is 0 Å². The summed E-state index contributed by atoms with van der Waals surface area (Å²) in [5, 5.41) is 13.1. The van der Waals surface area contributed by atoms with E-state index in [0.717, 1.165) is 30.2 Å². The van der Waals surface area contributed by atoms with Crippen LogP contribution in [0.2, 0.25) is 0 Å². The molecule has 0 radical (unpaired) electrons. The van der Waals surface area contributed by atoms with Crippen molar-refractivity contribution < 1.29 is 0 Å². The first-order valence-corrected chi connectivity index (χ1v) is 9.94. The van der Waals surface area contributed by atoms with E-state index in [-0.39, 0.29) is 0 Å². The third kappa shape index (κ3) is 3.87. The zero-order chi connectivity index (χ0) is 20.4. The largest absolute Gasteiger partial charge is 0.308 e. The van der Waals surface area contributed by atoms with Gasteiger partial charge in [-0.25, -0.2) is 4.68 Å². The smallest absolute Gasteiger partial charge is 0.0975 e. The van der Waals surface area contributed by atoms with Crippen molar-refractivity contribution in [1.82, 2.24) is 24.9 Å². The Labute approximate surface area is 172 Å². The summed E-state index contributed by atoms with van der Waals surface area (Å²) in [4.78, 5) is 0. The van der Waals surface area contributed by atoms with Crippen LogP contribution in [0.15, 0.2) is 60.8 Å². The molecule has 29 heavy (non-hydrogen) atoms. The number of rotatable bonds is 6. The monoisotopic (exact) mass is 385 g/mol. The van der Waals surface area contributed by atoms with E-state index in [4.69, 9.17) is 5.10 Å². The van der Waals surface area contributed by atoms with Gasteiger partial charge >= 0.3 is 0 Å². The average Bonchev–Trinajstić information content (AvgIpc) is 3.25. The molecule has 0 fully saturated rings. The molecule has 0 atom stereocenters. The van der Waals surface area contributed by atoms with Crippen LogP contribution < -0.4 is 5.32 Å². The Balaban J connectivity index is 1.64. The van der Waals surface area contributed by atoms with Crippen LogP contribution in [0.25, 0.3) is 16.9 Å². The normalized spacial score (nSPS) is 11.2. The fourth-order valence-corrected chi connectivity index (χ4v) is 3.71. The first-order chi connectivity index (χ1) is 14.0. The van der Waals surface area contributed by atoms with Gasteiger partial charge in [0.05, 0.1) is 17.1 Å². The lowest BCUT2D eigenvalue weighted by Crippen LogP contribution is -2.14. The van der Waals surface area contributed by atoms with Gasteiger partial charge in [-0.05, 0) is 38.5 Å². The lowest BCUT2D eigenvalue weighted by molar-refractivity contribution is 0.684. The zero-order valence-corrected chi connectivity index (χ0v) is 17.5. The standard InChI is InChI=1S/C24H27N5/c1-17-10-8-9-13-22(17)24-20(16-29(27-24)21-11-6-5-7-12-21)14-25-15-23-18(2)26-28(4)19(23)3/h5-13,16,25H,14-15H2,1-4H3. The van der Waals surface area contributed by atoms with Crippen LogP contribution in [0.1, 0.15) is 28.1 Å². The summed E-state index contributed by atoms with van der Waals surface area (Å²) in [6, 6.07) is 18.7. The predicted octanol–water partition coefficient (Wildman–Crippen LogP) is 4.49. The molecular weight excluding hydrogens is 358 g/mol. The molecule has 148 valence electrons. The summed E-state index contributed by atoms with van der Waals surface area (Å²) in [5.74, 6) is 0. The number of hydrogen-bond donors (Lipinski definition) is 1. The molecule has 0 amide bonds. The van der Waals surface area contributed by atoms with Crippen LogP contribution in [0.4, 0.5) is 0 Å². The minimum absolute atomic E-state index is 0.740. The van der Waals surface area contributed by atoms with Gasteiger partial charge in [0.2, 0.25) is 0 Å². The highest BCUT2D eigenvalue weighted by Crippen LogP contribution is 2.26. The number of nitrogens with one attached hydrogen (secondary N) is 1. The van der Waals surface area contributed by atoms with E-state index in [2.05, 4.69) is 73.8 Å². The van der Waals surface area contributed by atoms with Gasteiger partial charge in [0.25, 0.3) is 0 Å². The predicted molar refractivity (Wildman–Crippen MR) is 117 cm³/mol. The second-order valence-electron chi connectivity index (χ2n) is 7.47. The summed E-state index contributed by atoms with van der Waals surface area (Å²) in [7, 11) is 1.99.